The Balaban J connectivity index is 1.82. The Morgan fingerprint density at radius 3 is 2.59 bits per heavy atom. The van der Waals surface area contributed by atoms with Crippen LogP contribution in [0.4, 0.5) is 18.9 Å². The molecule has 1 atom stereocenters. The van der Waals surface area contributed by atoms with Crippen molar-refractivity contribution in [3.8, 4) is 5.75 Å². The van der Waals surface area contributed by atoms with Crippen LogP contribution in [0.3, 0.4) is 0 Å². The molecule has 0 fully saturated rings. The number of anilines is 1. The van der Waals surface area contributed by atoms with Gasteiger partial charge >= 0.3 is 6.18 Å². The van der Waals surface area contributed by atoms with Gasteiger partial charge in [0.15, 0.2) is 0 Å². The molecule has 27 heavy (non-hydrogen) atoms. The standard InChI is InChI=1S/C19H17F3N2O3/c1-23-17(25)12-7-14(19(20,21)22)9-15(8-12)24-18(26)13-6-11-4-2-3-5-16(11)27-10-13/h2-5,7-9,13H,6,10H2,1H3,(H,23,25)(H,24,26). The average molecular weight is 378 g/mol. The van der Waals surface area contributed by atoms with Crippen LogP contribution in [0.15, 0.2) is 42.5 Å². The predicted octanol–water partition coefficient (Wildman–Crippen LogP) is 3.25. The second-order valence-electron chi connectivity index (χ2n) is 6.18. The lowest BCUT2D eigenvalue weighted by Gasteiger charge is -2.24. The number of alkyl halides is 3. The van der Waals surface area contributed by atoms with Gasteiger partial charge in [0, 0.05) is 18.3 Å². The van der Waals surface area contributed by atoms with Gasteiger partial charge in [0.25, 0.3) is 5.91 Å². The number of fused-ring (bicyclic) bond motifs is 1. The third-order valence-corrected chi connectivity index (χ3v) is 4.27. The van der Waals surface area contributed by atoms with Crippen molar-refractivity contribution in [2.75, 3.05) is 19.0 Å². The summed E-state index contributed by atoms with van der Waals surface area (Å²) in [5.74, 6) is -0.987. The highest BCUT2D eigenvalue weighted by molar-refractivity contribution is 5.98. The first kappa shape index (κ1) is 18.8. The predicted molar refractivity (Wildman–Crippen MR) is 92.6 cm³/mol. The minimum atomic E-state index is -4.64. The molecular formula is C19H17F3N2O3. The van der Waals surface area contributed by atoms with Crippen molar-refractivity contribution < 1.29 is 27.5 Å². The van der Waals surface area contributed by atoms with Gasteiger partial charge in [0.05, 0.1) is 11.5 Å². The molecule has 0 bridgehead atoms. The molecule has 2 N–H and O–H groups in total. The molecule has 1 heterocycles. The Bertz CT molecular complexity index is 881. The first-order valence-corrected chi connectivity index (χ1v) is 8.24. The molecule has 8 heteroatoms. The highest BCUT2D eigenvalue weighted by atomic mass is 19.4. The van der Waals surface area contributed by atoms with E-state index in [2.05, 4.69) is 10.6 Å². The monoisotopic (exact) mass is 378 g/mol. The minimum Gasteiger partial charge on any atom is -0.492 e. The number of carbonyl (C=O) groups excluding carboxylic acids is 2. The quantitative estimate of drug-likeness (QED) is 0.862. The van der Waals surface area contributed by atoms with Crippen LogP contribution in [0, 0.1) is 5.92 Å². The van der Waals surface area contributed by atoms with Gasteiger partial charge in [-0.15, -0.1) is 0 Å². The molecule has 1 aliphatic heterocycles. The van der Waals surface area contributed by atoms with Crippen LogP contribution >= 0.6 is 0 Å². The van der Waals surface area contributed by atoms with Crippen LogP contribution in [0.5, 0.6) is 5.75 Å². The summed E-state index contributed by atoms with van der Waals surface area (Å²) < 4.78 is 44.9. The number of halogens is 3. The minimum absolute atomic E-state index is 0.0905. The average Bonchev–Trinajstić information content (AvgIpc) is 2.66. The Morgan fingerprint density at radius 2 is 1.89 bits per heavy atom. The third kappa shape index (κ3) is 4.21. The van der Waals surface area contributed by atoms with Crippen molar-refractivity contribution in [2.45, 2.75) is 12.6 Å². The second kappa shape index (κ2) is 7.30. The zero-order valence-electron chi connectivity index (χ0n) is 14.4. The van der Waals surface area contributed by atoms with Crippen molar-refractivity contribution in [3.05, 3.63) is 59.2 Å². The van der Waals surface area contributed by atoms with E-state index in [0.29, 0.717) is 12.2 Å². The molecule has 2 aromatic rings. The largest absolute Gasteiger partial charge is 0.492 e. The van der Waals surface area contributed by atoms with E-state index in [-0.39, 0.29) is 17.9 Å². The summed E-state index contributed by atoms with van der Waals surface area (Å²) in [7, 11) is 1.32. The smallest absolute Gasteiger partial charge is 0.416 e. The number of rotatable bonds is 3. The highest BCUT2D eigenvalue weighted by Crippen LogP contribution is 2.33. The van der Waals surface area contributed by atoms with Gasteiger partial charge in [-0.2, -0.15) is 13.2 Å². The molecule has 0 aromatic heterocycles. The molecule has 0 saturated heterocycles. The third-order valence-electron chi connectivity index (χ3n) is 4.27. The number of amides is 2. The van der Waals surface area contributed by atoms with Crippen LogP contribution in [0.25, 0.3) is 0 Å². The van der Waals surface area contributed by atoms with Crippen LogP contribution < -0.4 is 15.4 Å². The molecule has 142 valence electrons. The molecule has 5 nitrogen and oxygen atoms in total. The number of carbonyl (C=O) groups is 2. The zero-order chi connectivity index (χ0) is 19.6. The first-order valence-electron chi connectivity index (χ1n) is 8.24. The Kier molecular flexibility index (Phi) is 5.07. The second-order valence-corrected chi connectivity index (χ2v) is 6.18. The molecular weight excluding hydrogens is 361 g/mol. The van der Waals surface area contributed by atoms with Crippen LogP contribution in [-0.4, -0.2) is 25.5 Å². The van der Waals surface area contributed by atoms with Gasteiger partial charge in [0.2, 0.25) is 5.91 Å². The lowest BCUT2D eigenvalue weighted by Crippen LogP contribution is -2.32. The fourth-order valence-corrected chi connectivity index (χ4v) is 2.88. The van der Waals surface area contributed by atoms with Gasteiger partial charge in [0.1, 0.15) is 12.4 Å². The maximum Gasteiger partial charge on any atom is 0.416 e. The van der Waals surface area contributed by atoms with E-state index in [1.54, 1.807) is 6.07 Å². The Hall–Kier alpha value is -3.03. The maximum atomic E-state index is 13.1. The molecule has 0 radical (unpaired) electrons. The van der Waals surface area contributed by atoms with E-state index in [1.165, 1.54) is 13.1 Å². The van der Waals surface area contributed by atoms with E-state index < -0.39 is 29.5 Å². The molecule has 3 rings (SSSR count). The number of nitrogens with one attached hydrogen (secondary N) is 2. The Morgan fingerprint density at radius 1 is 1.15 bits per heavy atom. The molecule has 2 amide bonds. The SMILES string of the molecule is CNC(=O)c1cc(NC(=O)C2COc3ccccc3C2)cc(C(F)(F)F)c1. The van der Waals surface area contributed by atoms with Gasteiger partial charge in [-0.05, 0) is 36.2 Å². The summed E-state index contributed by atoms with van der Waals surface area (Å²) in [4.78, 5) is 24.3. The van der Waals surface area contributed by atoms with Crippen molar-refractivity contribution in [2.24, 2.45) is 5.92 Å². The zero-order valence-corrected chi connectivity index (χ0v) is 14.4. The molecule has 0 spiro atoms. The van der Waals surface area contributed by atoms with Crippen molar-refractivity contribution in [1.82, 2.24) is 5.32 Å². The summed E-state index contributed by atoms with van der Waals surface area (Å²) in [6.45, 7) is 0.129. The van der Waals surface area contributed by atoms with Crippen molar-refractivity contribution in [3.63, 3.8) is 0 Å². The van der Waals surface area contributed by atoms with E-state index in [0.717, 1.165) is 17.7 Å². The topological polar surface area (TPSA) is 67.4 Å². The Labute approximate surface area is 153 Å². The first-order chi connectivity index (χ1) is 12.8. The fraction of sp³-hybridized carbons (Fsp3) is 0.263. The molecule has 0 aliphatic carbocycles. The van der Waals surface area contributed by atoms with E-state index in [9.17, 15) is 22.8 Å². The summed E-state index contributed by atoms with van der Waals surface area (Å²) in [5.41, 5.74) is -0.428. The maximum absolute atomic E-state index is 13.1. The summed E-state index contributed by atoms with van der Waals surface area (Å²) in [6, 6.07) is 10.0. The summed E-state index contributed by atoms with van der Waals surface area (Å²) >= 11 is 0. The fourth-order valence-electron chi connectivity index (χ4n) is 2.88. The van der Waals surface area contributed by atoms with Crippen LogP contribution in [0.1, 0.15) is 21.5 Å². The van der Waals surface area contributed by atoms with Gasteiger partial charge < -0.3 is 15.4 Å². The molecule has 0 saturated carbocycles. The number of hydrogen-bond donors (Lipinski definition) is 2. The highest BCUT2D eigenvalue weighted by Gasteiger charge is 2.32. The lowest BCUT2D eigenvalue weighted by atomic mass is 9.96. The van der Waals surface area contributed by atoms with E-state index in [1.807, 2.05) is 18.2 Å². The van der Waals surface area contributed by atoms with Gasteiger partial charge in [-0.25, -0.2) is 0 Å². The lowest BCUT2D eigenvalue weighted by molar-refractivity contribution is -0.137. The van der Waals surface area contributed by atoms with Crippen molar-refractivity contribution in [1.29, 1.82) is 0 Å². The number of ether oxygens (including phenoxy) is 1. The number of para-hydroxylation sites is 1. The summed E-state index contributed by atoms with van der Waals surface area (Å²) in [6.07, 6.45) is -4.22. The number of benzene rings is 2. The summed E-state index contributed by atoms with van der Waals surface area (Å²) in [5, 5.41) is 4.75. The van der Waals surface area contributed by atoms with E-state index >= 15 is 0 Å². The van der Waals surface area contributed by atoms with Crippen LogP contribution in [-0.2, 0) is 17.4 Å². The van der Waals surface area contributed by atoms with E-state index in [4.69, 9.17) is 4.74 Å². The van der Waals surface area contributed by atoms with Gasteiger partial charge in [-0.1, -0.05) is 18.2 Å². The number of hydrogen-bond acceptors (Lipinski definition) is 3. The molecule has 1 aliphatic rings. The molecule has 2 aromatic carbocycles. The van der Waals surface area contributed by atoms with Crippen LogP contribution in [0.2, 0.25) is 0 Å². The molecule has 1 unspecified atom stereocenters. The van der Waals surface area contributed by atoms with Crippen molar-refractivity contribution >= 4 is 17.5 Å². The normalized spacial score (nSPS) is 16.1. The van der Waals surface area contributed by atoms with Gasteiger partial charge in [-0.3, -0.25) is 9.59 Å².